The first kappa shape index (κ1) is 20.1. The van der Waals surface area contributed by atoms with Crippen LogP contribution in [0.5, 0.6) is 17.2 Å². The van der Waals surface area contributed by atoms with Gasteiger partial charge in [0.15, 0.2) is 11.5 Å². The fourth-order valence-electron chi connectivity index (χ4n) is 2.15. The van der Waals surface area contributed by atoms with Crippen LogP contribution in [0.3, 0.4) is 0 Å². The molecule has 2 aromatic carbocycles. The van der Waals surface area contributed by atoms with E-state index in [4.69, 9.17) is 32.2 Å². The summed E-state index contributed by atoms with van der Waals surface area (Å²) < 4.78 is 16.0. The average molecular weight is 387 g/mol. The topological polar surface area (TPSA) is 69.2 Å². The van der Waals surface area contributed by atoms with Gasteiger partial charge in [0.1, 0.15) is 12.4 Å². The van der Waals surface area contributed by atoms with Gasteiger partial charge < -0.3 is 14.2 Å². The molecule has 0 fully saturated rings. The van der Waals surface area contributed by atoms with Crippen LogP contribution in [0.25, 0.3) is 0 Å². The van der Waals surface area contributed by atoms with E-state index in [-0.39, 0.29) is 12.5 Å². The summed E-state index contributed by atoms with van der Waals surface area (Å²) in [7, 11) is 1.56. The van der Waals surface area contributed by atoms with Gasteiger partial charge in [0.2, 0.25) is 0 Å². The van der Waals surface area contributed by atoms with Crippen LogP contribution in [-0.2, 0) is 0 Å². The van der Waals surface area contributed by atoms with E-state index in [1.54, 1.807) is 43.5 Å². The first-order valence-electron chi connectivity index (χ1n) is 8.09. The van der Waals surface area contributed by atoms with E-state index in [9.17, 15) is 4.79 Å². The van der Waals surface area contributed by atoms with Gasteiger partial charge in [-0.25, -0.2) is 5.43 Å². The summed E-state index contributed by atoms with van der Waals surface area (Å²) in [5.74, 6) is 3.52. The molecule has 0 unspecified atom stereocenters. The predicted octanol–water partition coefficient (Wildman–Crippen LogP) is 3.52. The molecule has 2 aromatic rings. The Morgan fingerprint density at radius 2 is 2.04 bits per heavy atom. The maximum atomic E-state index is 12.1. The number of ether oxygens (including phenoxy) is 3. The Balaban J connectivity index is 2.11. The van der Waals surface area contributed by atoms with E-state index in [1.807, 2.05) is 6.92 Å². The summed E-state index contributed by atoms with van der Waals surface area (Å²) >= 11 is 6.24. The summed E-state index contributed by atoms with van der Waals surface area (Å²) in [5, 5.41) is 4.28. The lowest BCUT2D eigenvalue weighted by Gasteiger charge is -2.12. The standard InChI is InChI=1S/C20H19ClN2O4/c1-4-10-27-19-17(21)11-14(12-18(19)26-5-2)13-22-23-20(24)15-6-8-16(25-3)9-7-15/h1,6-9,11-13H,5,10H2,2-3H3,(H,23,24)/b22-13-. The molecule has 0 aromatic heterocycles. The highest BCUT2D eigenvalue weighted by Crippen LogP contribution is 2.36. The van der Waals surface area contributed by atoms with Crippen LogP contribution in [-0.4, -0.2) is 32.4 Å². The number of methoxy groups -OCH3 is 1. The van der Waals surface area contributed by atoms with Crippen molar-refractivity contribution in [3.63, 3.8) is 0 Å². The Hall–Kier alpha value is -3.17. The minimum absolute atomic E-state index is 0.0746. The van der Waals surface area contributed by atoms with Crippen LogP contribution >= 0.6 is 11.6 Å². The second-order valence-electron chi connectivity index (χ2n) is 5.18. The van der Waals surface area contributed by atoms with Crippen molar-refractivity contribution in [1.29, 1.82) is 0 Å². The van der Waals surface area contributed by atoms with E-state index in [1.165, 1.54) is 6.21 Å². The highest BCUT2D eigenvalue weighted by Gasteiger charge is 2.12. The minimum Gasteiger partial charge on any atom is -0.497 e. The van der Waals surface area contributed by atoms with Crippen LogP contribution in [0, 0.1) is 12.3 Å². The number of amides is 1. The molecule has 0 aliphatic rings. The van der Waals surface area contributed by atoms with Crippen molar-refractivity contribution in [3.05, 3.63) is 52.5 Å². The lowest BCUT2D eigenvalue weighted by Crippen LogP contribution is -2.17. The van der Waals surface area contributed by atoms with Crippen LogP contribution < -0.4 is 19.6 Å². The molecule has 1 amide bonds. The third-order valence-electron chi connectivity index (χ3n) is 3.36. The van der Waals surface area contributed by atoms with Gasteiger partial charge in [0, 0.05) is 5.56 Å². The van der Waals surface area contributed by atoms with Gasteiger partial charge in [-0.05, 0) is 48.9 Å². The molecule has 0 atom stereocenters. The SMILES string of the molecule is C#CCOc1c(Cl)cc(/C=N\NC(=O)c2ccc(OC)cc2)cc1OCC. The molecular weight excluding hydrogens is 368 g/mol. The minimum atomic E-state index is -0.348. The third-order valence-corrected chi connectivity index (χ3v) is 3.64. The van der Waals surface area contributed by atoms with Crippen molar-refractivity contribution in [1.82, 2.24) is 5.43 Å². The van der Waals surface area contributed by atoms with Crippen molar-refractivity contribution < 1.29 is 19.0 Å². The molecule has 0 saturated heterocycles. The zero-order valence-corrected chi connectivity index (χ0v) is 15.7. The number of terminal acetylenes is 1. The summed E-state index contributed by atoms with van der Waals surface area (Å²) in [6, 6.07) is 10.0. The van der Waals surface area contributed by atoms with E-state index in [0.29, 0.717) is 40.0 Å². The zero-order valence-electron chi connectivity index (χ0n) is 15.0. The van der Waals surface area contributed by atoms with Crippen LogP contribution in [0.2, 0.25) is 5.02 Å². The van der Waals surface area contributed by atoms with E-state index in [0.717, 1.165) is 0 Å². The molecule has 1 N–H and O–H groups in total. The van der Waals surface area contributed by atoms with E-state index >= 15 is 0 Å². The van der Waals surface area contributed by atoms with Crippen molar-refractivity contribution in [2.45, 2.75) is 6.92 Å². The summed E-state index contributed by atoms with van der Waals surface area (Å²) in [6.07, 6.45) is 6.67. The van der Waals surface area contributed by atoms with Crippen molar-refractivity contribution in [2.24, 2.45) is 5.10 Å². The number of carbonyl (C=O) groups excluding carboxylic acids is 1. The first-order chi connectivity index (χ1) is 13.1. The normalized spacial score (nSPS) is 10.3. The molecule has 0 aliphatic heterocycles. The number of hydrogen-bond acceptors (Lipinski definition) is 5. The molecule has 7 heteroatoms. The molecular formula is C20H19ClN2O4. The van der Waals surface area contributed by atoms with Crippen LogP contribution in [0.4, 0.5) is 0 Å². The molecule has 0 heterocycles. The van der Waals surface area contributed by atoms with Gasteiger partial charge in [-0.15, -0.1) is 6.42 Å². The largest absolute Gasteiger partial charge is 0.497 e. The molecule has 0 aliphatic carbocycles. The smallest absolute Gasteiger partial charge is 0.271 e. The quantitative estimate of drug-likeness (QED) is 0.428. The van der Waals surface area contributed by atoms with Crippen molar-refractivity contribution >= 4 is 23.7 Å². The molecule has 140 valence electrons. The molecule has 0 bridgehead atoms. The first-order valence-corrected chi connectivity index (χ1v) is 8.46. The summed E-state index contributed by atoms with van der Waals surface area (Å²) in [5.41, 5.74) is 3.54. The number of benzene rings is 2. The van der Waals surface area contributed by atoms with Crippen molar-refractivity contribution in [2.75, 3.05) is 20.3 Å². The fourth-order valence-corrected chi connectivity index (χ4v) is 2.43. The number of hydrazone groups is 1. The van der Waals surface area contributed by atoms with Gasteiger partial charge in [0.05, 0.1) is 25.0 Å². The van der Waals surface area contributed by atoms with Gasteiger partial charge in [-0.3, -0.25) is 4.79 Å². The second-order valence-corrected chi connectivity index (χ2v) is 5.59. The highest BCUT2D eigenvalue weighted by molar-refractivity contribution is 6.32. The third kappa shape index (κ3) is 5.66. The van der Waals surface area contributed by atoms with Crippen LogP contribution in [0.15, 0.2) is 41.5 Å². The summed E-state index contributed by atoms with van der Waals surface area (Å²) in [6.45, 7) is 2.34. The highest BCUT2D eigenvalue weighted by atomic mass is 35.5. The van der Waals surface area contributed by atoms with Gasteiger partial charge in [-0.1, -0.05) is 17.5 Å². The molecule has 27 heavy (non-hydrogen) atoms. The number of nitrogens with one attached hydrogen (secondary N) is 1. The monoisotopic (exact) mass is 386 g/mol. The number of hydrogen-bond donors (Lipinski definition) is 1. The number of rotatable bonds is 8. The molecule has 0 spiro atoms. The summed E-state index contributed by atoms with van der Waals surface area (Å²) in [4.78, 5) is 12.1. The van der Waals surface area contributed by atoms with Gasteiger partial charge in [-0.2, -0.15) is 5.10 Å². The van der Waals surface area contributed by atoms with Gasteiger partial charge in [0.25, 0.3) is 5.91 Å². The Kier molecular flexibility index (Phi) is 7.53. The van der Waals surface area contributed by atoms with Gasteiger partial charge >= 0.3 is 0 Å². The Morgan fingerprint density at radius 3 is 2.67 bits per heavy atom. The number of nitrogens with zero attached hydrogens (tertiary/aromatic N) is 1. The zero-order chi connectivity index (χ0) is 19.6. The predicted molar refractivity (Wildman–Crippen MR) is 105 cm³/mol. The van der Waals surface area contributed by atoms with Crippen LogP contribution in [0.1, 0.15) is 22.8 Å². The number of carbonyl (C=O) groups is 1. The maximum Gasteiger partial charge on any atom is 0.271 e. The Bertz CT molecular complexity index is 858. The van der Waals surface area contributed by atoms with E-state index in [2.05, 4.69) is 16.4 Å². The molecule has 0 radical (unpaired) electrons. The molecule has 6 nitrogen and oxygen atoms in total. The average Bonchev–Trinajstić information content (AvgIpc) is 2.67. The lowest BCUT2D eigenvalue weighted by molar-refractivity contribution is 0.0955. The maximum absolute atomic E-state index is 12.1. The molecule has 0 saturated carbocycles. The Labute approximate surface area is 163 Å². The van der Waals surface area contributed by atoms with E-state index < -0.39 is 0 Å². The van der Waals surface area contributed by atoms with Crippen molar-refractivity contribution in [3.8, 4) is 29.6 Å². The number of halogens is 1. The fraction of sp³-hybridized carbons (Fsp3) is 0.200. The molecule has 2 rings (SSSR count). The lowest BCUT2D eigenvalue weighted by atomic mass is 10.2. The Morgan fingerprint density at radius 1 is 1.30 bits per heavy atom. The second kappa shape index (κ2) is 10.1.